The number of rotatable bonds is 12. The first kappa shape index (κ1) is 17.4. The summed E-state index contributed by atoms with van der Waals surface area (Å²) in [4.78, 5) is 11.6. The third kappa shape index (κ3) is 6.36. The fourth-order valence-corrected chi connectivity index (χ4v) is 2.42. The fourth-order valence-electron chi connectivity index (χ4n) is 2.42. The molecule has 0 aromatic heterocycles. The second-order valence-corrected chi connectivity index (χ2v) is 5.11. The third-order valence-corrected chi connectivity index (χ3v) is 3.71. The van der Waals surface area contributed by atoms with Crippen LogP contribution in [0.4, 0.5) is 0 Å². The smallest absolute Gasteiger partial charge is 0.223 e. The van der Waals surface area contributed by atoms with Crippen molar-refractivity contribution >= 4 is 5.91 Å². The van der Waals surface area contributed by atoms with Crippen LogP contribution in [0.15, 0.2) is 0 Å². The van der Waals surface area contributed by atoms with Crippen molar-refractivity contribution in [3.8, 4) is 0 Å². The topological polar surface area (TPSA) is 83.6 Å². The Hall–Kier alpha value is -0.610. The number of aliphatic hydroxyl groups excluding tert-OH is 2. The molecule has 0 atom stereocenters. The van der Waals surface area contributed by atoms with E-state index in [9.17, 15) is 4.79 Å². The quantitative estimate of drug-likeness (QED) is 0.469. The highest BCUT2D eigenvalue weighted by Gasteiger charge is 2.34. The zero-order chi connectivity index (χ0) is 13.9. The first-order valence-corrected chi connectivity index (χ1v) is 7.14. The summed E-state index contributed by atoms with van der Waals surface area (Å²) < 4.78 is 0. The molecule has 0 aromatic rings. The molecule has 1 amide bonds. The van der Waals surface area contributed by atoms with Gasteiger partial charge in [-0.25, -0.2) is 0 Å². The summed E-state index contributed by atoms with van der Waals surface area (Å²) in [6.45, 7) is 2.07. The van der Waals surface area contributed by atoms with Gasteiger partial charge >= 0.3 is 0 Å². The fraction of sp³-hybridized carbons (Fsp3) is 0.929. The molecule has 0 aliphatic rings. The first-order valence-electron chi connectivity index (χ1n) is 7.14. The van der Waals surface area contributed by atoms with Gasteiger partial charge in [0, 0.05) is 13.2 Å². The summed E-state index contributed by atoms with van der Waals surface area (Å²) in [7, 11) is 0. The van der Waals surface area contributed by atoms with Gasteiger partial charge in [-0.05, 0) is 19.3 Å². The van der Waals surface area contributed by atoms with E-state index >= 15 is 0 Å². The number of unbranched alkanes of at least 4 members (excludes halogenated alkanes) is 5. The van der Waals surface area contributed by atoms with Crippen LogP contribution in [0.1, 0.15) is 64.7 Å². The maximum absolute atomic E-state index is 11.6. The predicted molar refractivity (Wildman–Crippen MR) is 73.0 cm³/mol. The summed E-state index contributed by atoms with van der Waals surface area (Å²) in [5.41, 5.74) is 4.73. The van der Waals surface area contributed by atoms with Crippen LogP contribution in [0.5, 0.6) is 0 Å². The van der Waals surface area contributed by atoms with Gasteiger partial charge in [0.1, 0.15) is 0 Å². The highest BCUT2D eigenvalue weighted by Crippen LogP contribution is 2.32. The van der Waals surface area contributed by atoms with E-state index in [0.717, 1.165) is 12.8 Å². The molecule has 18 heavy (non-hydrogen) atoms. The Morgan fingerprint density at radius 1 is 0.944 bits per heavy atom. The largest absolute Gasteiger partial charge is 0.396 e. The zero-order valence-electron chi connectivity index (χ0n) is 11.7. The van der Waals surface area contributed by atoms with Crippen molar-refractivity contribution < 1.29 is 15.0 Å². The molecule has 0 heterocycles. The summed E-state index contributed by atoms with van der Waals surface area (Å²) >= 11 is 0. The molecule has 0 unspecified atom stereocenters. The van der Waals surface area contributed by atoms with Crippen molar-refractivity contribution in [2.24, 2.45) is 11.1 Å². The van der Waals surface area contributed by atoms with Gasteiger partial charge in [0.25, 0.3) is 0 Å². The monoisotopic (exact) mass is 259 g/mol. The number of aliphatic hydroxyl groups is 2. The van der Waals surface area contributed by atoms with Crippen LogP contribution in [0.25, 0.3) is 0 Å². The third-order valence-electron chi connectivity index (χ3n) is 3.71. The molecule has 4 nitrogen and oxygen atoms in total. The molecule has 0 radical (unpaired) electrons. The molecule has 4 heteroatoms. The minimum atomic E-state index is -0.714. The van der Waals surface area contributed by atoms with Crippen molar-refractivity contribution in [2.75, 3.05) is 13.2 Å². The average molecular weight is 259 g/mol. The number of hydrogen-bond donors (Lipinski definition) is 3. The molecular weight excluding hydrogens is 230 g/mol. The van der Waals surface area contributed by atoms with Crippen molar-refractivity contribution in [3.63, 3.8) is 0 Å². The number of carbonyl (C=O) groups is 1. The molecule has 0 aliphatic carbocycles. The normalized spacial score (nSPS) is 11.7. The number of carbonyl (C=O) groups excluding carboxylic acids is 1. The molecule has 0 aromatic carbocycles. The van der Waals surface area contributed by atoms with Gasteiger partial charge in [-0.3, -0.25) is 4.79 Å². The molecule has 0 bridgehead atoms. The van der Waals surface area contributed by atoms with Crippen LogP contribution in [0.2, 0.25) is 0 Å². The van der Waals surface area contributed by atoms with E-state index in [-0.39, 0.29) is 19.1 Å². The van der Waals surface area contributed by atoms with E-state index in [2.05, 4.69) is 6.92 Å². The van der Waals surface area contributed by atoms with Gasteiger partial charge < -0.3 is 15.9 Å². The van der Waals surface area contributed by atoms with Crippen molar-refractivity contribution in [1.82, 2.24) is 0 Å². The van der Waals surface area contributed by atoms with Gasteiger partial charge in [-0.15, -0.1) is 0 Å². The number of hydrogen-bond acceptors (Lipinski definition) is 3. The van der Waals surface area contributed by atoms with Crippen LogP contribution in [0.3, 0.4) is 0 Å². The Morgan fingerprint density at radius 2 is 1.44 bits per heavy atom. The van der Waals surface area contributed by atoms with Crippen molar-refractivity contribution in [2.45, 2.75) is 64.7 Å². The lowest BCUT2D eigenvalue weighted by Crippen LogP contribution is -2.39. The molecule has 0 fully saturated rings. The minimum Gasteiger partial charge on any atom is -0.396 e. The van der Waals surface area contributed by atoms with Gasteiger partial charge in [0.15, 0.2) is 0 Å². The minimum absolute atomic E-state index is 0.0568. The van der Waals surface area contributed by atoms with Gasteiger partial charge in [-0.1, -0.05) is 45.4 Å². The van der Waals surface area contributed by atoms with Crippen LogP contribution in [0, 0.1) is 5.41 Å². The Bertz CT molecular complexity index is 213. The standard InChI is InChI=1S/C14H29NO3/c1-2-3-4-5-6-7-8-14(9-11-16,10-12-17)13(15)18/h16-17H,2-12H2,1H3,(H2,15,18). The van der Waals surface area contributed by atoms with E-state index in [1.165, 1.54) is 25.7 Å². The summed E-state index contributed by atoms with van der Waals surface area (Å²) in [6, 6.07) is 0. The number of amides is 1. The zero-order valence-corrected chi connectivity index (χ0v) is 11.7. The van der Waals surface area contributed by atoms with E-state index in [1.807, 2.05) is 0 Å². The molecule has 108 valence electrons. The van der Waals surface area contributed by atoms with Crippen LogP contribution in [-0.4, -0.2) is 29.3 Å². The summed E-state index contributed by atoms with van der Waals surface area (Å²) in [5.74, 6) is -0.390. The highest BCUT2D eigenvalue weighted by atomic mass is 16.3. The average Bonchev–Trinajstić information content (AvgIpc) is 2.33. The van der Waals surface area contributed by atoms with Gasteiger partial charge in [-0.2, -0.15) is 0 Å². The van der Waals surface area contributed by atoms with E-state index < -0.39 is 5.41 Å². The van der Waals surface area contributed by atoms with Gasteiger partial charge in [0.05, 0.1) is 5.41 Å². The lowest BCUT2D eigenvalue weighted by Gasteiger charge is -2.29. The second-order valence-electron chi connectivity index (χ2n) is 5.11. The molecule has 0 spiro atoms. The van der Waals surface area contributed by atoms with Crippen molar-refractivity contribution in [3.05, 3.63) is 0 Å². The first-order chi connectivity index (χ1) is 8.63. The molecule has 0 aliphatic heterocycles. The molecule has 0 saturated carbocycles. The number of primary amides is 1. The Balaban J connectivity index is 4.10. The molecule has 0 saturated heterocycles. The molecule has 0 rings (SSSR count). The second kappa shape index (κ2) is 10.3. The summed E-state index contributed by atoms with van der Waals surface area (Å²) in [5, 5.41) is 18.1. The summed E-state index contributed by atoms with van der Waals surface area (Å²) in [6.07, 6.45) is 8.32. The predicted octanol–water partition coefficient (Wildman–Crippen LogP) is 1.97. The van der Waals surface area contributed by atoms with E-state index in [0.29, 0.717) is 19.3 Å². The molecule has 4 N–H and O–H groups in total. The van der Waals surface area contributed by atoms with Crippen LogP contribution < -0.4 is 5.73 Å². The Labute approximate surface area is 111 Å². The highest BCUT2D eigenvalue weighted by molar-refractivity contribution is 5.80. The van der Waals surface area contributed by atoms with E-state index in [1.54, 1.807) is 0 Å². The van der Waals surface area contributed by atoms with Crippen molar-refractivity contribution in [1.29, 1.82) is 0 Å². The Kier molecular flexibility index (Phi) is 9.98. The SMILES string of the molecule is CCCCCCCCC(CCO)(CCO)C(N)=O. The van der Waals surface area contributed by atoms with Crippen LogP contribution >= 0.6 is 0 Å². The van der Waals surface area contributed by atoms with Gasteiger partial charge in [0.2, 0.25) is 5.91 Å². The maximum atomic E-state index is 11.6. The van der Waals surface area contributed by atoms with Crippen LogP contribution in [-0.2, 0) is 4.79 Å². The lowest BCUT2D eigenvalue weighted by atomic mass is 9.76. The molecular formula is C14H29NO3. The maximum Gasteiger partial charge on any atom is 0.223 e. The number of nitrogens with two attached hydrogens (primary N) is 1. The Morgan fingerprint density at radius 3 is 1.89 bits per heavy atom. The van der Waals surface area contributed by atoms with E-state index in [4.69, 9.17) is 15.9 Å². The lowest BCUT2D eigenvalue weighted by molar-refractivity contribution is -0.130.